The molecule has 0 atom stereocenters. The van der Waals surface area contributed by atoms with Crippen LogP contribution >= 0.6 is 0 Å². The van der Waals surface area contributed by atoms with Crippen molar-refractivity contribution in [1.29, 1.82) is 0 Å². The van der Waals surface area contributed by atoms with Crippen molar-refractivity contribution in [1.82, 2.24) is 20.0 Å². The summed E-state index contributed by atoms with van der Waals surface area (Å²) < 4.78 is 0. The van der Waals surface area contributed by atoms with Crippen LogP contribution < -0.4 is 5.32 Å². The normalized spacial score (nSPS) is 20.2. The molecule has 136 valence electrons. The highest BCUT2D eigenvalue weighted by atomic mass is 16.2. The Bertz CT molecular complexity index is 435. The topological polar surface area (TPSA) is 51.2 Å². The number of nitrogens with zero attached hydrogens (tertiary/aromatic N) is 4. The van der Waals surface area contributed by atoms with Crippen molar-refractivity contribution in [3.05, 3.63) is 12.2 Å². The molecule has 1 amide bonds. The van der Waals surface area contributed by atoms with Gasteiger partial charge in [-0.2, -0.15) is 0 Å². The first-order valence-electron chi connectivity index (χ1n) is 9.39. The minimum atomic E-state index is 0.299. The fourth-order valence-corrected chi connectivity index (χ4v) is 3.21. The zero-order valence-corrected chi connectivity index (χ0v) is 15.3. The smallest absolute Gasteiger partial charge is 0.236 e. The number of aliphatic imine (C=N–C) groups is 1. The molecule has 2 fully saturated rings. The van der Waals surface area contributed by atoms with Crippen LogP contribution in [-0.2, 0) is 4.79 Å². The van der Waals surface area contributed by atoms with Crippen LogP contribution in [0.25, 0.3) is 0 Å². The molecule has 24 heavy (non-hydrogen) atoms. The highest BCUT2D eigenvalue weighted by Crippen LogP contribution is 2.09. The standard InChI is InChI=1S/C18H33N5O/c1-3-5-6-9-20-18(19-4-2)23-14-12-21(13-15-23)16-17(24)22-10-7-8-11-22/h3,5H,4,6-16H2,1-2H3,(H,19,20)/b5-3+. The van der Waals surface area contributed by atoms with Crippen LogP contribution in [0.4, 0.5) is 0 Å². The Balaban J connectivity index is 1.77. The van der Waals surface area contributed by atoms with Crippen molar-refractivity contribution < 1.29 is 4.79 Å². The van der Waals surface area contributed by atoms with Gasteiger partial charge in [-0.3, -0.25) is 14.7 Å². The van der Waals surface area contributed by atoms with Crippen molar-refractivity contribution in [3.63, 3.8) is 0 Å². The van der Waals surface area contributed by atoms with Gasteiger partial charge in [-0.25, -0.2) is 0 Å². The monoisotopic (exact) mass is 335 g/mol. The van der Waals surface area contributed by atoms with Crippen LogP contribution in [0.1, 0.15) is 33.1 Å². The number of piperazine rings is 1. The third-order valence-corrected chi connectivity index (χ3v) is 4.62. The number of guanidine groups is 1. The Hall–Kier alpha value is -1.56. The van der Waals surface area contributed by atoms with E-state index in [2.05, 4.69) is 34.2 Å². The molecule has 0 bridgehead atoms. The zero-order valence-electron chi connectivity index (χ0n) is 15.3. The third-order valence-electron chi connectivity index (χ3n) is 4.62. The van der Waals surface area contributed by atoms with Gasteiger partial charge in [0.25, 0.3) is 0 Å². The molecule has 0 aromatic heterocycles. The second-order valence-electron chi connectivity index (χ2n) is 6.44. The highest BCUT2D eigenvalue weighted by Gasteiger charge is 2.24. The minimum absolute atomic E-state index is 0.299. The second-order valence-corrected chi connectivity index (χ2v) is 6.44. The lowest BCUT2D eigenvalue weighted by molar-refractivity contribution is -0.131. The number of carbonyl (C=O) groups is 1. The van der Waals surface area contributed by atoms with Gasteiger partial charge in [-0.1, -0.05) is 12.2 Å². The van der Waals surface area contributed by atoms with E-state index in [1.807, 2.05) is 11.8 Å². The molecule has 0 spiro atoms. The van der Waals surface area contributed by atoms with Crippen LogP contribution in [0.2, 0.25) is 0 Å². The number of carbonyl (C=O) groups excluding carboxylic acids is 1. The SMILES string of the molecule is C/C=C/CCN=C(NCC)N1CCN(CC(=O)N2CCCC2)CC1. The first kappa shape index (κ1) is 18.8. The van der Waals surface area contributed by atoms with Crippen molar-refractivity contribution in [3.8, 4) is 0 Å². The summed E-state index contributed by atoms with van der Waals surface area (Å²) in [6, 6.07) is 0. The van der Waals surface area contributed by atoms with E-state index in [4.69, 9.17) is 4.99 Å². The van der Waals surface area contributed by atoms with Gasteiger partial charge < -0.3 is 15.1 Å². The van der Waals surface area contributed by atoms with Gasteiger partial charge >= 0.3 is 0 Å². The second kappa shape index (κ2) is 10.3. The predicted octanol–water partition coefficient (Wildman–Crippen LogP) is 1.16. The molecule has 0 aliphatic carbocycles. The first-order valence-corrected chi connectivity index (χ1v) is 9.39. The fourth-order valence-electron chi connectivity index (χ4n) is 3.21. The third kappa shape index (κ3) is 5.82. The number of hydrogen-bond acceptors (Lipinski definition) is 3. The van der Waals surface area contributed by atoms with Crippen molar-refractivity contribution in [2.75, 3.05) is 58.9 Å². The van der Waals surface area contributed by atoms with E-state index in [1.165, 1.54) is 0 Å². The molecule has 2 aliphatic heterocycles. The minimum Gasteiger partial charge on any atom is -0.357 e. The molecular weight excluding hydrogens is 302 g/mol. The van der Waals surface area contributed by atoms with Crippen LogP contribution in [-0.4, -0.2) is 85.5 Å². The molecule has 2 heterocycles. The van der Waals surface area contributed by atoms with Crippen molar-refractivity contribution in [2.24, 2.45) is 4.99 Å². The van der Waals surface area contributed by atoms with Crippen molar-refractivity contribution >= 4 is 11.9 Å². The van der Waals surface area contributed by atoms with Gasteiger partial charge in [0.1, 0.15) is 0 Å². The number of amides is 1. The summed E-state index contributed by atoms with van der Waals surface area (Å²) in [5.41, 5.74) is 0. The molecular formula is C18H33N5O. The molecule has 1 N–H and O–H groups in total. The summed E-state index contributed by atoms with van der Waals surface area (Å²) >= 11 is 0. The quantitative estimate of drug-likeness (QED) is 0.342. The Kier molecular flexibility index (Phi) is 8.08. The molecule has 0 radical (unpaired) electrons. The Labute approximate surface area is 146 Å². The van der Waals surface area contributed by atoms with Gasteiger partial charge in [0.2, 0.25) is 5.91 Å². The summed E-state index contributed by atoms with van der Waals surface area (Å²) in [6.07, 6.45) is 7.52. The van der Waals surface area contributed by atoms with Crippen LogP contribution in [0.15, 0.2) is 17.1 Å². The molecule has 0 aromatic rings. The maximum absolute atomic E-state index is 12.3. The van der Waals surface area contributed by atoms with Gasteiger partial charge in [-0.05, 0) is 33.1 Å². The van der Waals surface area contributed by atoms with Gasteiger partial charge in [0.05, 0.1) is 6.54 Å². The molecule has 6 nitrogen and oxygen atoms in total. The van der Waals surface area contributed by atoms with Gasteiger partial charge in [-0.15, -0.1) is 0 Å². The predicted molar refractivity (Wildman–Crippen MR) is 99.2 cm³/mol. The molecule has 2 saturated heterocycles. The first-order chi connectivity index (χ1) is 11.7. The number of allylic oxidation sites excluding steroid dienone is 1. The molecule has 6 heteroatoms. The molecule has 0 aromatic carbocycles. The largest absolute Gasteiger partial charge is 0.357 e. The summed E-state index contributed by atoms with van der Waals surface area (Å²) in [6.45, 7) is 12.0. The van der Waals surface area contributed by atoms with Crippen LogP contribution in [0.3, 0.4) is 0 Å². The van der Waals surface area contributed by atoms with Crippen LogP contribution in [0, 0.1) is 0 Å². The lowest BCUT2D eigenvalue weighted by Gasteiger charge is -2.36. The number of nitrogens with one attached hydrogen (secondary N) is 1. The summed E-state index contributed by atoms with van der Waals surface area (Å²) in [5, 5.41) is 3.39. The Morgan fingerprint density at radius 3 is 2.42 bits per heavy atom. The van der Waals surface area contributed by atoms with E-state index >= 15 is 0 Å². The van der Waals surface area contributed by atoms with Crippen LogP contribution in [0.5, 0.6) is 0 Å². The summed E-state index contributed by atoms with van der Waals surface area (Å²) in [7, 11) is 0. The fraction of sp³-hybridized carbons (Fsp3) is 0.778. The zero-order chi connectivity index (χ0) is 17.2. The number of rotatable bonds is 6. The average molecular weight is 335 g/mol. The lowest BCUT2D eigenvalue weighted by Crippen LogP contribution is -2.54. The van der Waals surface area contributed by atoms with E-state index in [0.29, 0.717) is 12.5 Å². The average Bonchev–Trinajstić information content (AvgIpc) is 3.13. The molecule has 2 aliphatic rings. The summed E-state index contributed by atoms with van der Waals surface area (Å²) in [5.74, 6) is 1.31. The van der Waals surface area contributed by atoms with Gasteiger partial charge in [0, 0.05) is 52.4 Å². The highest BCUT2D eigenvalue weighted by molar-refractivity contribution is 5.80. The number of hydrogen-bond donors (Lipinski definition) is 1. The Morgan fingerprint density at radius 1 is 1.08 bits per heavy atom. The molecule has 0 unspecified atom stereocenters. The maximum Gasteiger partial charge on any atom is 0.236 e. The lowest BCUT2D eigenvalue weighted by atomic mass is 10.3. The maximum atomic E-state index is 12.3. The van der Waals surface area contributed by atoms with E-state index in [-0.39, 0.29) is 0 Å². The molecule has 0 saturated carbocycles. The van der Waals surface area contributed by atoms with Gasteiger partial charge in [0.15, 0.2) is 5.96 Å². The van der Waals surface area contributed by atoms with E-state index in [0.717, 1.165) is 77.6 Å². The Morgan fingerprint density at radius 2 is 1.79 bits per heavy atom. The van der Waals surface area contributed by atoms with E-state index in [1.54, 1.807) is 0 Å². The van der Waals surface area contributed by atoms with E-state index < -0.39 is 0 Å². The van der Waals surface area contributed by atoms with Crippen molar-refractivity contribution in [2.45, 2.75) is 33.1 Å². The molecule has 2 rings (SSSR count). The summed E-state index contributed by atoms with van der Waals surface area (Å²) in [4.78, 5) is 23.6. The van der Waals surface area contributed by atoms with E-state index in [9.17, 15) is 4.79 Å². The number of likely N-dealkylation sites (tertiary alicyclic amines) is 1.